The zero-order valence-electron chi connectivity index (χ0n) is 11.1. The first-order chi connectivity index (χ1) is 8.89. The van der Waals surface area contributed by atoms with Crippen molar-refractivity contribution in [2.24, 2.45) is 5.73 Å². The van der Waals surface area contributed by atoms with Gasteiger partial charge in [0.25, 0.3) is 0 Å². The van der Waals surface area contributed by atoms with Gasteiger partial charge in [0.05, 0.1) is 0 Å². The molecule has 0 bridgehead atoms. The Morgan fingerprint density at radius 3 is 2.95 bits per heavy atom. The Balaban J connectivity index is 2.35. The maximum absolute atomic E-state index is 11.9. The molecule has 1 aromatic heterocycles. The van der Waals surface area contributed by atoms with Crippen LogP contribution in [0.2, 0.25) is 0 Å². The number of aromatic nitrogens is 1. The second-order valence-corrected chi connectivity index (χ2v) is 8.14. The van der Waals surface area contributed by atoms with Crippen LogP contribution in [0, 0.1) is 0 Å². The lowest BCUT2D eigenvalue weighted by Gasteiger charge is -2.35. The van der Waals surface area contributed by atoms with Gasteiger partial charge < -0.3 is 10.6 Å². The number of rotatable bonds is 3. The van der Waals surface area contributed by atoms with Crippen LogP contribution in [-0.2, 0) is 9.84 Å². The van der Waals surface area contributed by atoms with Gasteiger partial charge >= 0.3 is 0 Å². The molecule has 2 N–H and O–H groups in total. The van der Waals surface area contributed by atoms with Crippen LogP contribution in [0.4, 0.5) is 5.82 Å². The molecule has 0 saturated carbocycles. The molecule has 19 heavy (non-hydrogen) atoms. The molecular formula is C12H19N3O2S2. The van der Waals surface area contributed by atoms with Crippen molar-refractivity contribution in [2.45, 2.75) is 18.3 Å². The quantitative estimate of drug-likeness (QED) is 0.898. The number of nitrogens with zero attached hydrogens (tertiary/aromatic N) is 2. The third-order valence-electron chi connectivity index (χ3n) is 3.17. The van der Waals surface area contributed by atoms with Crippen molar-refractivity contribution in [3.05, 3.63) is 23.9 Å². The Hall–Kier alpha value is -0.790. The van der Waals surface area contributed by atoms with Gasteiger partial charge in [-0.15, -0.1) is 0 Å². The molecule has 2 heterocycles. The normalized spacial score (nSPS) is 22.3. The van der Waals surface area contributed by atoms with Gasteiger partial charge in [-0.2, -0.15) is 11.8 Å². The van der Waals surface area contributed by atoms with E-state index in [1.54, 1.807) is 18.0 Å². The first-order valence-corrected chi connectivity index (χ1v) is 9.25. The minimum atomic E-state index is -3.12. The summed E-state index contributed by atoms with van der Waals surface area (Å²) in [5, 5.41) is -0.498. The van der Waals surface area contributed by atoms with Crippen LogP contribution < -0.4 is 10.6 Å². The Kier molecular flexibility index (Phi) is 4.37. The predicted octanol–water partition coefficient (Wildman–Crippen LogP) is 1.03. The predicted molar refractivity (Wildman–Crippen MR) is 80.1 cm³/mol. The molecule has 5 nitrogen and oxygen atoms in total. The number of sulfone groups is 1. The molecule has 2 rings (SSSR count). The van der Waals surface area contributed by atoms with Crippen LogP contribution in [0.1, 0.15) is 18.5 Å². The molecule has 1 fully saturated rings. The largest absolute Gasteiger partial charge is 0.338 e. The first-order valence-electron chi connectivity index (χ1n) is 6.14. The third-order valence-corrected chi connectivity index (χ3v) is 5.81. The summed E-state index contributed by atoms with van der Waals surface area (Å²) in [6, 6.07) is 3.67. The first kappa shape index (κ1) is 14.6. The lowest BCUT2D eigenvalue weighted by molar-refractivity contribution is 0.583. The molecule has 7 heteroatoms. The molecule has 2 atom stereocenters. The number of thioether (sulfide) groups is 1. The van der Waals surface area contributed by atoms with Gasteiger partial charge in [-0.3, -0.25) is 0 Å². The van der Waals surface area contributed by atoms with Crippen LogP contribution in [0.25, 0.3) is 0 Å². The fourth-order valence-corrected chi connectivity index (χ4v) is 4.90. The molecule has 1 unspecified atom stereocenters. The van der Waals surface area contributed by atoms with E-state index in [1.807, 2.05) is 24.0 Å². The Bertz CT molecular complexity index is 546. The third kappa shape index (κ3) is 3.40. The van der Waals surface area contributed by atoms with Crippen molar-refractivity contribution < 1.29 is 8.42 Å². The van der Waals surface area contributed by atoms with Gasteiger partial charge in [-0.05, 0) is 24.6 Å². The number of hydrogen-bond acceptors (Lipinski definition) is 6. The molecule has 0 aliphatic carbocycles. The average Bonchev–Trinajstić information content (AvgIpc) is 2.38. The van der Waals surface area contributed by atoms with Crippen LogP contribution in [0.3, 0.4) is 0 Å². The zero-order valence-corrected chi connectivity index (χ0v) is 12.7. The lowest BCUT2D eigenvalue weighted by atomic mass is 10.1. The SMILES string of the molecule is C[C@H](N)c1ccnc(N2CCSCC2S(C)(=O)=O)c1. The number of nitrogens with two attached hydrogens (primary N) is 1. The van der Waals surface area contributed by atoms with E-state index < -0.39 is 15.2 Å². The minimum Gasteiger partial charge on any atom is -0.338 e. The molecule has 0 radical (unpaired) electrons. The topological polar surface area (TPSA) is 76.3 Å². The van der Waals surface area contributed by atoms with Crippen LogP contribution >= 0.6 is 11.8 Å². The van der Waals surface area contributed by atoms with Gasteiger partial charge in [0.1, 0.15) is 11.2 Å². The highest BCUT2D eigenvalue weighted by molar-refractivity contribution is 8.01. The van der Waals surface area contributed by atoms with Crippen molar-refractivity contribution in [1.29, 1.82) is 0 Å². The van der Waals surface area contributed by atoms with Gasteiger partial charge in [0, 0.05) is 36.5 Å². The maximum Gasteiger partial charge on any atom is 0.169 e. The Morgan fingerprint density at radius 1 is 1.58 bits per heavy atom. The molecule has 0 aromatic carbocycles. The summed E-state index contributed by atoms with van der Waals surface area (Å²) in [6.45, 7) is 2.59. The van der Waals surface area contributed by atoms with Crippen molar-refractivity contribution in [3.8, 4) is 0 Å². The highest BCUT2D eigenvalue weighted by atomic mass is 32.2. The second kappa shape index (κ2) is 5.68. The number of pyridine rings is 1. The number of hydrogen-bond donors (Lipinski definition) is 1. The fraction of sp³-hybridized carbons (Fsp3) is 0.583. The van der Waals surface area contributed by atoms with Crippen LogP contribution in [0.15, 0.2) is 18.3 Å². The lowest BCUT2D eigenvalue weighted by Crippen LogP contribution is -2.47. The van der Waals surface area contributed by atoms with E-state index in [0.717, 1.165) is 11.3 Å². The van der Waals surface area contributed by atoms with Crippen molar-refractivity contribution in [1.82, 2.24) is 4.98 Å². The average molecular weight is 301 g/mol. The van der Waals surface area contributed by atoms with Crippen molar-refractivity contribution in [2.75, 3.05) is 29.2 Å². The molecule has 106 valence electrons. The molecule has 0 amide bonds. The standard InChI is InChI=1S/C12H19N3O2S2/c1-9(13)10-3-4-14-11(7-10)15-5-6-18-8-12(15)19(2,16)17/h3-4,7,9,12H,5-6,8,13H2,1-2H3/t9-,12?/m0/s1. The van der Waals surface area contributed by atoms with E-state index in [-0.39, 0.29) is 6.04 Å². The fourth-order valence-electron chi connectivity index (χ4n) is 2.07. The smallest absolute Gasteiger partial charge is 0.169 e. The van der Waals surface area contributed by atoms with Gasteiger partial charge in [0.15, 0.2) is 9.84 Å². The summed E-state index contributed by atoms with van der Waals surface area (Å²) in [4.78, 5) is 6.18. The monoisotopic (exact) mass is 301 g/mol. The summed E-state index contributed by atoms with van der Waals surface area (Å²) >= 11 is 1.67. The summed E-state index contributed by atoms with van der Waals surface area (Å²) in [6.07, 6.45) is 2.97. The Morgan fingerprint density at radius 2 is 2.32 bits per heavy atom. The maximum atomic E-state index is 11.9. The summed E-state index contributed by atoms with van der Waals surface area (Å²) in [5.74, 6) is 2.20. The van der Waals surface area contributed by atoms with Crippen LogP contribution in [0.5, 0.6) is 0 Å². The van der Waals surface area contributed by atoms with Gasteiger partial charge in [-0.1, -0.05) is 0 Å². The molecule has 1 saturated heterocycles. The zero-order chi connectivity index (χ0) is 14.0. The summed E-state index contributed by atoms with van der Waals surface area (Å²) in [5.41, 5.74) is 6.83. The highest BCUT2D eigenvalue weighted by Gasteiger charge is 2.31. The van der Waals surface area contributed by atoms with Gasteiger partial charge in [0.2, 0.25) is 0 Å². The van der Waals surface area contributed by atoms with Crippen molar-refractivity contribution in [3.63, 3.8) is 0 Å². The van der Waals surface area contributed by atoms with E-state index in [1.165, 1.54) is 6.26 Å². The van der Waals surface area contributed by atoms with E-state index in [9.17, 15) is 8.42 Å². The molecule has 0 spiro atoms. The summed E-state index contributed by atoms with van der Waals surface area (Å²) in [7, 11) is -3.12. The van der Waals surface area contributed by atoms with E-state index >= 15 is 0 Å². The molecule has 1 aliphatic heterocycles. The van der Waals surface area contributed by atoms with Crippen molar-refractivity contribution >= 4 is 27.4 Å². The number of anilines is 1. The molecule has 1 aliphatic rings. The summed E-state index contributed by atoms with van der Waals surface area (Å²) < 4.78 is 23.8. The van der Waals surface area contributed by atoms with E-state index in [2.05, 4.69) is 4.98 Å². The van der Waals surface area contributed by atoms with Crippen LogP contribution in [-0.4, -0.2) is 43.1 Å². The molecule has 1 aromatic rings. The van der Waals surface area contributed by atoms with Gasteiger partial charge in [-0.25, -0.2) is 13.4 Å². The minimum absolute atomic E-state index is 0.0856. The molecular weight excluding hydrogens is 282 g/mol. The van der Waals surface area contributed by atoms with E-state index in [4.69, 9.17) is 5.73 Å². The Labute approximate surface area is 118 Å². The highest BCUT2D eigenvalue weighted by Crippen LogP contribution is 2.26. The van der Waals surface area contributed by atoms with E-state index in [0.29, 0.717) is 18.1 Å². The second-order valence-electron chi connectivity index (χ2n) is 4.79.